The lowest BCUT2D eigenvalue weighted by Gasteiger charge is -2.38. The first-order valence-electron chi connectivity index (χ1n) is 12.8. The van der Waals surface area contributed by atoms with E-state index in [0.29, 0.717) is 18.1 Å². The summed E-state index contributed by atoms with van der Waals surface area (Å²) < 4.78 is 88.1. The Balaban J connectivity index is 1.33. The average Bonchev–Trinajstić information content (AvgIpc) is 2.85. The molecule has 2 fully saturated rings. The molecule has 0 bridgehead atoms. The molecule has 2 aromatic rings. The fraction of sp³-hybridized carbons (Fsp3) is 0.571. The van der Waals surface area contributed by atoms with Gasteiger partial charge in [-0.3, -0.25) is 0 Å². The average molecular weight is 515 g/mol. The van der Waals surface area contributed by atoms with Crippen molar-refractivity contribution in [1.29, 1.82) is 0 Å². The van der Waals surface area contributed by atoms with E-state index in [9.17, 15) is 26.3 Å². The van der Waals surface area contributed by atoms with Gasteiger partial charge in [0.2, 0.25) is 0 Å². The minimum atomic E-state index is -5.09. The molecule has 2 saturated carbocycles. The van der Waals surface area contributed by atoms with Gasteiger partial charge >= 0.3 is 12.5 Å². The molecule has 8 heteroatoms. The van der Waals surface area contributed by atoms with Crippen molar-refractivity contribution >= 4 is 0 Å². The van der Waals surface area contributed by atoms with E-state index in [2.05, 4.69) is 16.4 Å². The molecule has 198 valence electrons. The predicted octanol–water partition coefficient (Wildman–Crippen LogP) is 9.34. The zero-order valence-corrected chi connectivity index (χ0v) is 20.3. The quantitative estimate of drug-likeness (QED) is 0.343. The summed E-state index contributed by atoms with van der Waals surface area (Å²) in [5.41, 5.74) is 0.603. The Morgan fingerprint density at radius 1 is 0.750 bits per heavy atom. The highest BCUT2D eigenvalue weighted by molar-refractivity contribution is 5.34. The molecule has 2 nitrogen and oxygen atoms in total. The molecular formula is C28H32F6O2. The van der Waals surface area contributed by atoms with Crippen molar-refractivity contribution < 1.29 is 35.8 Å². The van der Waals surface area contributed by atoms with E-state index in [1.807, 2.05) is 0 Å². The number of rotatable bonds is 7. The Kier molecular flexibility index (Phi) is 8.10. The van der Waals surface area contributed by atoms with Crippen LogP contribution >= 0.6 is 0 Å². The fourth-order valence-electron chi connectivity index (χ4n) is 5.90. The number of ether oxygens (including phenoxy) is 2. The van der Waals surface area contributed by atoms with E-state index in [0.717, 1.165) is 42.2 Å². The molecule has 0 heterocycles. The summed E-state index contributed by atoms with van der Waals surface area (Å²) in [6, 6.07) is 7.81. The van der Waals surface area contributed by atoms with Gasteiger partial charge < -0.3 is 9.47 Å². The van der Waals surface area contributed by atoms with E-state index >= 15 is 0 Å². The van der Waals surface area contributed by atoms with Crippen LogP contribution in [-0.4, -0.2) is 6.36 Å². The van der Waals surface area contributed by atoms with Crippen LogP contribution in [0.4, 0.5) is 26.3 Å². The van der Waals surface area contributed by atoms with Gasteiger partial charge in [0.15, 0.2) is 11.6 Å². The number of hydrogen-bond acceptors (Lipinski definition) is 2. The SMILES string of the molecule is CC[C@H]1CC[C@H]([C@H]2CC[C@H](c3ccc(C(F)(F)Oc4ccc(OC(F)(F)F)c(F)c4)cc3)CC2)CC1. The van der Waals surface area contributed by atoms with Crippen molar-refractivity contribution in [2.45, 2.75) is 83.1 Å². The van der Waals surface area contributed by atoms with Crippen LogP contribution in [0.3, 0.4) is 0 Å². The van der Waals surface area contributed by atoms with E-state index in [1.54, 1.807) is 12.1 Å². The highest BCUT2D eigenvalue weighted by Crippen LogP contribution is 2.44. The lowest BCUT2D eigenvalue weighted by Crippen LogP contribution is -2.25. The van der Waals surface area contributed by atoms with Crippen LogP contribution in [0.5, 0.6) is 11.5 Å². The van der Waals surface area contributed by atoms with E-state index in [4.69, 9.17) is 0 Å². The number of alkyl halides is 5. The smallest absolute Gasteiger partial charge is 0.429 e. The topological polar surface area (TPSA) is 18.5 Å². The van der Waals surface area contributed by atoms with Gasteiger partial charge in [-0.05, 0) is 92.0 Å². The molecule has 0 amide bonds. The third-order valence-electron chi connectivity index (χ3n) is 8.00. The first kappa shape index (κ1) is 26.7. The molecule has 0 unspecified atom stereocenters. The monoisotopic (exact) mass is 514 g/mol. The van der Waals surface area contributed by atoms with Crippen molar-refractivity contribution in [2.75, 3.05) is 0 Å². The highest BCUT2D eigenvalue weighted by Gasteiger charge is 2.36. The van der Waals surface area contributed by atoms with Gasteiger partial charge in [-0.2, -0.15) is 8.78 Å². The number of hydrogen-bond donors (Lipinski definition) is 0. The van der Waals surface area contributed by atoms with Gasteiger partial charge in [-0.1, -0.05) is 38.3 Å². The lowest BCUT2D eigenvalue weighted by atomic mass is 9.68. The maximum atomic E-state index is 14.7. The number of halogens is 6. The van der Waals surface area contributed by atoms with Gasteiger partial charge in [0.05, 0.1) is 5.56 Å². The fourth-order valence-corrected chi connectivity index (χ4v) is 5.90. The van der Waals surface area contributed by atoms with Crippen molar-refractivity contribution in [3.8, 4) is 11.5 Å². The molecule has 2 aliphatic rings. The van der Waals surface area contributed by atoms with E-state index in [-0.39, 0.29) is 0 Å². The molecule has 0 aliphatic heterocycles. The molecule has 0 aromatic heterocycles. The van der Waals surface area contributed by atoms with Crippen LogP contribution < -0.4 is 9.47 Å². The van der Waals surface area contributed by atoms with Crippen molar-refractivity contribution in [2.24, 2.45) is 17.8 Å². The van der Waals surface area contributed by atoms with E-state index < -0.39 is 35.4 Å². The molecular weight excluding hydrogens is 482 g/mol. The normalized spacial score (nSPS) is 25.4. The Labute approximate surface area is 208 Å². The summed E-state index contributed by atoms with van der Waals surface area (Å²) in [5, 5.41) is 0. The summed E-state index contributed by atoms with van der Waals surface area (Å²) in [6.45, 7) is 2.28. The first-order valence-corrected chi connectivity index (χ1v) is 12.8. The molecule has 2 aromatic carbocycles. The first-order chi connectivity index (χ1) is 17.0. The van der Waals surface area contributed by atoms with Gasteiger partial charge in [-0.15, -0.1) is 13.2 Å². The lowest BCUT2D eigenvalue weighted by molar-refractivity contribution is -0.275. The standard InChI is InChI=1S/C28H32F6O2/c1-2-18-3-5-19(6-4-18)20-7-9-21(10-8-20)22-11-13-23(14-12-22)27(30,31)35-24-15-16-26(25(29)17-24)36-28(32,33)34/h11-21H,2-10H2,1H3/t18-,19-,20-,21-. The minimum Gasteiger partial charge on any atom is -0.429 e. The highest BCUT2D eigenvalue weighted by atomic mass is 19.4. The van der Waals surface area contributed by atoms with Crippen molar-refractivity contribution in [1.82, 2.24) is 0 Å². The predicted molar refractivity (Wildman–Crippen MR) is 124 cm³/mol. The second-order valence-electron chi connectivity index (χ2n) is 10.2. The molecule has 4 rings (SSSR count). The molecule has 0 radical (unpaired) electrons. The molecule has 0 saturated heterocycles. The Hall–Kier alpha value is -2.38. The Morgan fingerprint density at radius 3 is 1.86 bits per heavy atom. The molecule has 0 atom stereocenters. The second-order valence-corrected chi connectivity index (χ2v) is 10.2. The van der Waals surface area contributed by atoms with Crippen LogP contribution in [0.2, 0.25) is 0 Å². The summed E-state index contributed by atoms with van der Waals surface area (Å²) in [6.07, 6.45) is 2.20. The van der Waals surface area contributed by atoms with Crippen LogP contribution in [0.15, 0.2) is 42.5 Å². The Bertz CT molecular complexity index is 988. The largest absolute Gasteiger partial charge is 0.573 e. The van der Waals surface area contributed by atoms with Crippen molar-refractivity contribution in [3.05, 3.63) is 59.4 Å². The molecule has 0 N–H and O–H groups in total. The second kappa shape index (κ2) is 10.9. The summed E-state index contributed by atoms with van der Waals surface area (Å²) in [7, 11) is 0. The summed E-state index contributed by atoms with van der Waals surface area (Å²) in [4.78, 5) is 0. The van der Waals surface area contributed by atoms with Gasteiger partial charge in [0, 0.05) is 6.07 Å². The maximum Gasteiger partial charge on any atom is 0.573 e. The van der Waals surface area contributed by atoms with Crippen LogP contribution in [0.1, 0.15) is 81.8 Å². The number of benzene rings is 2. The maximum absolute atomic E-state index is 14.7. The third kappa shape index (κ3) is 6.68. The molecule has 0 spiro atoms. The zero-order valence-electron chi connectivity index (χ0n) is 20.3. The third-order valence-corrected chi connectivity index (χ3v) is 8.00. The summed E-state index contributed by atoms with van der Waals surface area (Å²) in [5.74, 6) is -0.361. The molecule has 2 aliphatic carbocycles. The summed E-state index contributed by atoms with van der Waals surface area (Å²) >= 11 is 0. The van der Waals surface area contributed by atoms with Gasteiger partial charge in [-0.25, -0.2) is 4.39 Å². The van der Waals surface area contributed by atoms with Crippen molar-refractivity contribution in [3.63, 3.8) is 0 Å². The molecule has 36 heavy (non-hydrogen) atoms. The zero-order chi connectivity index (χ0) is 25.9. The Morgan fingerprint density at radius 2 is 1.33 bits per heavy atom. The van der Waals surface area contributed by atoms with Gasteiger partial charge in [0.25, 0.3) is 0 Å². The van der Waals surface area contributed by atoms with Crippen LogP contribution in [-0.2, 0) is 6.11 Å². The van der Waals surface area contributed by atoms with Gasteiger partial charge in [0.1, 0.15) is 5.75 Å². The van der Waals surface area contributed by atoms with Crippen LogP contribution in [0.25, 0.3) is 0 Å². The van der Waals surface area contributed by atoms with Crippen LogP contribution in [0, 0.1) is 23.6 Å². The van der Waals surface area contributed by atoms with E-state index in [1.165, 1.54) is 57.1 Å². The minimum absolute atomic E-state index is 0.340.